The molecule has 2 amide bonds. The van der Waals surface area contributed by atoms with Gasteiger partial charge in [-0.1, -0.05) is 36.4 Å². The van der Waals surface area contributed by atoms with Crippen LogP contribution in [0, 0.1) is 0 Å². The van der Waals surface area contributed by atoms with Crippen LogP contribution in [0.15, 0.2) is 53.9 Å². The van der Waals surface area contributed by atoms with Crippen LogP contribution in [0.2, 0.25) is 0 Å². The molecule has 2 heterocycles. The van der Waals surface area contributed by atoms with Crippen molar-refractivity contribution < 1.29 is 9.59 Å². The second-order valence-electron chi connectivity index (χ2n) is 7.42. The summed E-state index contributed by atoms with van der Waals surface area (Å²) in [6.45, 7) is 2.28. The van der Waals surface area contributed by atoms with E-state index in [0.29, 0.717) is 13.0 Å². The number of hydrogen-bond donors (Lipinski definition) is 2. The van der Waals surface area contributed by atoms with Gasteiger partial charge in [-0.3, -0.25) is 9.59 Å². The number of hydrogen-bond acceptors (Lipinski definition) is 4. The molecule has 0 saturated heterocycles. The number of likely N-dealkylation sites (N-methyl/N-ethyl adjacent to an activating group) is 1. The number of aryl methyl sites for hydroxylation is 1. The minimum Gasteiger partial charge on any atom is -0.343 e. The molecule has 6 heteroatoms. The Balaban J connectivity index is 1.69. The van der Waals surface area contributed by atoms with Gasteiger partial charge in [0.2, 0.25) is 11.8 Å². The van der Waals surface area contributed by atoms with Gasteiger partial charge < -0.3 is 15.5 Å². The summed E-state index contributed by atoms with van der Waals surface area (Å²) >= 11 is 1.69. The normalized spacial score (nSPS) is 17.7. The molecule has 0 aliphatic carbocycles. The first-order valence-electron chi connectivity index (χ1n) is 9.90. The first-order valence-corrected chi connectivity index (χ1v) is 10.8. The van der Waals surface area contributed by atoms with Crippen LogP contribution in [0.25, 0.3) is 10.1 Å². The van der Waals surface area contributed by atoms with Crippen molar-refractivity contribution in [1.82, 2.24) is 10.6 Å². The second kappa shape index (κ2) is 8.35. The number of para-hydroxylation sites is 1. The Labute approximate surface area is 174 Å². The number of amides is 2. The predicted molar refractivity (Wildman–Crippen MR) is 118 cm³/mol. The highest BCUT2D eigenvalue weighted by Crippen LogP contribution is 2.31. The molecule has 150 valence electrons. The predicted octanol–water partition coefficient (Wildman–Crippen LogP) is 3.47. The van der Waals surface area contributed by atoms with E-state index in [1.54, 1.807) is 25.3 Å². The Kier molecular flexibility index (Phi) is 5.65. The van der Waals surface area contributed by atoms with E-state index >= 15 is 0 Å². The number of carbonyl (C=O) groups is 2. The van der Waals surface area contributed by atoms with E-state index in [4.69, 9.17) is 0 Å². The molecule has 1 aliphatic rings. The monoisotopic (exact) mass is 407 g/mol. The molecule has 5 nitrogen and oxygen atoms in total. The molecule has 3 aromatic rings. The number of anilines is 1. The third-order valence-electron chi connectivity index (χ3n) is 5.58. The molecule has 1 unspecified atom stereocenters. The Bertz CT molecular complexity index is 1050. The highest BCUT2D eigenvalue weighted by atomic mass is 32.1. The molecular formula is C23H25N3O2S. The van der Waals surface area contributed by atoms with Crippen LogP contribution in [0.1, 0.15) is 24.5 Å². The summed E-state index contributed by atoms with van der Waals surface area (Å²) in [5.74, 6) is -0.211. The lowest BCUT2D eigenvalue weighted by Gasteiger charge is -2.27. The molecule has 4 rings (SSSR count). The van der Waals surface area contributed by atoms with Gasteiger partial charge in [-0.15, -0.1) is 11.3 Å². The number of rotatable bonds is 5. The zero-order chi connectivity index (χ0) is 20.4. The summed E-state index contributed by atoms with van der Waals surface area (Å²) in [5.41, 5.74) is 3.19. The van der Waals surface area contributed by atoms with Crippen molar-refractivity contribution in [3.8, 4) is 0 Å². The molecule has 0 fully saturated rings. The Morgan fingerprint density at radius 3 is 2.86 bits per heavy atom. The zero-order valence-corrected chi connectivity index (χ0v) is 17.5. The van der Waals surface area contributed by atoms with Crippen LogP contribution in [0.3, 0.4) is 0 Å². The lowest BCUT2D eigenvalue weighted by molar-refractivity contribution is -0.128. The quantitative estimate of drug-likeness (QED) is 0.681. The summed E-state index contributed by atoms with van der Waals surface area (Å²) in [6.07, 6.45) is 1.35. The lowest BCUT2D eigenvalue weighted by atomic mass is 10.1. The standard InChI is InChI=1S/C23H25N3O2S/c1-15(24-2)22(27)25-19-11-10-16-6-3-4-9-20(16)26(23(19)28)14-18-8-5-7-17-12-13-29-21(17)18/h3-9,12-13,15,19,24H,10-11,14H2,1-2H3,(H,25,27)/t15?,19-/m0/s1. The fraction of sp³-hybridized carbons (Fsp3) is 0.304. The summed E-state index contributed by atoms with van der Waals surface area (Å²) in [7, 11) is 1.74. The van der Waals surface area contributed by atoms with Crippen molar-refractivity contribution in [3.05, 3.63) is 65.0 Å². The van der Waals surface area contributed by atoms with Crippen LogP contribution in [0.5, 0.6) is 0 Å². The van der Waals surface area contributed by atoms with E-state index in [-0.39, 0.29) is 17.9 Å². The SMILES string of the molecule is CNC(C)C(=O)N[C@H]1CCc2ccccc2N(Cc2cccc3ccsc23)C1=O. The molecule has 2 N–H and O–H groups in total. The third kappa shape index (κ3) is 3.91. The minimum atomic E-state index is -0.534. The fourth-order valence-corrected chi connectivity index (χ4v) is 4.70. The molecule has 0 spiro atoms. The highest BCUT2D eigenvalue weighted by molar-refractivity contribution is 7.17. The van der Waals surface area contributed by atoms with Crippen LogP contribution in [0.4, 0.5) is 5.69 Å². The Morgan fingerprint density at radius 1 is 1.21 bits per heavy atom. The summed E-state index contributed by atoms with van der Waals surface area (Å²) in [4.78, 5) is 27.8. The largest absolute Gasteiger partial charge is 0.343 e. The Morgan fingerprint density at radius 2 is 2.03 bits per heavy atom. The van der Waals surface area contributed by atoms with E-state index in [1.807, 2.05) is 29.2 Å². The summed E-state index contributed by atoms with van der Waals surface area (Å²) in [5, 5.41) is 9.15. The number of benzene rings is 2. The van der Waals surface area contributed by atoms with Crippen molar-refractivity contribution in [2.45, 2.75) is 38.4 Å². The van der Waals surface area contributed by atoms with Crippen LogP contribution in [-0.2, 0) is 22.6 Å². The first-order chi connectivity index (χ1) is 14.1. The zero-order valence-electron chi connectivity index (χ0n) is 16.6. The van der Waals surface area contributed by atoms with E-state index in [9.17, 15) is 9.59 Å². The molecule has 0 radical (unpaired) electrons. The first kappa shape index (κ1) is 19.6. The van der Waals surface area contributed by atoms with E-state index in [1.165, 1.54) is 10.1 Å². The van der Waals surface area contributed by atoms with Crippen LogP contribution >= 0.6 is 11.3 Å². The molecule has 1 aliphatic heterocycles. The fourth-order valence-electron chi connectivity index (χ4n) is 3.79. The molecular weight excluding hydrogens is 382 g/mol. The van der Waals surface area contributed by atoms with Gasteiger partial charge in [0.15, 0.2) is 0 Å². The van der Waals surface area contributed by atoms with Gasteiger partial charge in [0, 0.05) is 10.4 Å². The number of thiophene rings is 1. The summed E-state index contributed by atoms with van der Waals surface area (Å²) < 4.78 is 1.20. The van der Waals surface area contributed by atoms with E-state index in [2.05, 4.69) is 40.3 Å². The van der Waals surface area contributed by atoms with Crippen molar-refractivity contribution in [2.24, 2.45) is 0 Å². The average molecular weight is 408 g/mol. The van der Waals surface area contributed by atoms with Gasteiger partial charge in [-0.2, -0.15) is 0 Å². The van der Waals surface area contributed by atoms with Crippen molar-refractivity contribution in [3.63, 3.8) is 0 Å². The van der Waals surface area contributed by atoms with Gasteiger partial charge >= 0.3 is 0 Å². The maximum atomic E-state index is 13.5. The van der Waals surface area contributed by atoms with Crippen molar-refractivity contribution in [1.29, 1.82) is 0 Å². The maximum absolute atomic E-state index is 13.5. The van der Waals surface area contributed by atoms with Crippen LogP contribution < -0.4 is 15.5 Å². The van der Waals surface area contributed by atoms with Gasteiger partial charge in [-0.25, -0.2) is 0 Å². The number of carbonyl (C=O) groups excluding carboxylic acids is 2. The molecule has 29 heavy (non-hydrogen) atoms. The van der Waals surface area contributed by atoms with Gasteiger partial charge in [0.25, 0.3) is 0 Å². The smallest absolute Gasteiger partial charge is 0.249 e. The number of fused-ring (bicyclic) bond motifs is 2. The van der Waals surface area contributed by atoms with Gasteiger partial charge in [0.1, 0.15) is 6.04 Å². The highest BCUT2D eigenvalue weighted by Gasteiger charge is 2.32. The molecule has 2 aromatic carbocycles. The topological polar surface area (TPSA) is 61.4 Å². The molecule has 2 atom stereocenters. The van der Waals surface area contributed by atoms with Crippen molar-refractivity contribution >= 4 is 38.9 Å². The van der Waals surface area contributed by atoms with E-state index in [0.717, 1.165) is 23.2 Å². The van der Waals surface area contributed by atoms with Gasteiger partial charge in [0.05, 0.1) is 12.6 Å². The second-order valence-corrected chi connectivity index (χ2v) is 8.34. The number of nitrogens with zero attached hydrogens (tertiary/aromatic N) is 1. The molecule has 0 saturated carbocycles. The third-order valence-corrected chi connectivity index (χ3v) is 6.59. The molecule has 0 bridgehead atoms. The number of nitrogens with one attached hydrogen (secondary N) is 2. The Hall–Kier alpha value is -2.70. The minimum absolute atomic E-state index is 0.0554. The molecule has 1 aromatic heterocycles. The van der Waals surface area contributed by atoms with Crippen LogP contribution in [-0.4, -0.2) is 30.9 Å². The maximum Gasteiger partial charge on any atom is 0.249 e. The lowest BCUT2D eigenvalue weighted by Crippen LogP contribution is -2.52. The van der Waals surface area contributed by atoms with Gasteiger partial charge in [-0.05, 0) is 60.8 Å². The van der Waals surface area contributed by atoms with E-state index < -0.39 is 6.04 Å². The summed E-state index contributed by atoms with van der Waals surface area (Å²) in [6, 6.07) is 15.5. The van der Waals surface area contributed by atoms with Crippen molar-refractivity contribution in [2.75, 3.05) is 11.9 Å². The average Bonchev–Trinajstić information content (AvgIpc) is 3.19.